The second-order valence-corrected chi connectivity index (χ2v) is 9.50. The van der Waals surface area contributed by atoms with E-state index in [1.54, 1.807) is 7.11 Å². The molecule has 0 aliphatic carbocycles. The molecule has 0 saturated carbocycles. The molecule has 0 bridgehead atoms. The van der Waals surface area contributed by atoms with Gasteiger partial charge >= 0.3 is 0 Å². The lowest BCUT2D eigenvalue weighted by Gasteiger charge is -2.45. The van der Waals surface area contributed by atoms with Crippen molar-refractivity contribution in [3.8, 4) is 0 Å². The molecule has 1 saturated heterocycles. The molecule has 4 rings (SSSR count). The van der Waals surface area contributed by atoms with Gasteiger partial charge in [0.2, 0.25) is 0 Å². The van der Waals surface area contributed by atoms with Gasteiger partial charge in [-0.05, 0) is 16.7 Å². The molecule has 0 spiro atoms. The number of ether oxygens (including phenoxy) is 5. The van der Waals surface area contributed by atoms with E-state index in [0.29, 0.717) is 26.4 Å². The van der Waals surface area contributed by atoms with Crippen LogP contribution < -0.4 is 0 Å². The zero-order chi connectivity index (χ0) is 24.3. The van der Waals surface area contributed by atoms with E-state index in [2.05, 4.69) is 59.0 Å². The monoisotopic (exact) mass is 588 g/mol. The number of methoxy groups -OCH3 is 1. The molecule has 1 aliphatic rings. The molecule has 0 amide bonds. The smallest absolute Gasteiger partial charge is 0.163 e. The summed E-state index contributed by atoms with van der Waals surface area (Å²) in [7, 11) is 1.69. The Morgan fingerprint density at radius 1 is 0.686 bits per heavy atom. The highest BCUT2D eigenvalue weighted by Gasteiger charge is 2.47. The lowest BCUT2D eigenvalue weighted by Crippen LogP contribution is -2.58. The fraction of sp³-hybridized carbons (Fsp3) is 0.379. The van der Waals surface area contributed by atoms with Crippen molar-refractivity contribution >= 4 is 22.6 Å². The van der Waals surface area contributed by atoms with Crippen LogP contribution in [0.1, 0.15) is 16.7 Å². The molecule has 3 aromatic rings. The van der Waals surface area contributed by atoms with Crippen molar-refractivity contribution in [1.82, 2.24) is 0 Å². The molecule has 1 fully saturated rings. The fourth-order valence-electron chi connectivity index (χ4n) is 4.31. The minimum Gasteiger partial charge on any atom is -0.374 e. The van der Waals surface area contributed by atoms with Gasteiger partial charge in [0, 0.05) is 17.5 Å². The van der Waals surface area contributed by atoms with Gasteiger partial charge in [0.25, 0.3) is 0 Å². The minimum atomic E-state index is -0.394. The van der Waals surface area contributed by atoms with Gasteiger partial charge in [-0.15, -0.1) is 0 Å². The summed E-state index contributed by atoms with van der Waals surface area (Å²) in [5.41, 5.74) is 3.35. The molecule has 5 atom stereocenters. The third kappa shape index (κ3) is 7.59. The van der Waals surface area contributed by atoms with E-state index < -0.39 is 6.29 Å². The third-order valence-corrected chi connectivity index (χ3v) is 7.16. The number of halogens is 1. The molecule has 6 heteroatoms. The van der Waals surface area contributed by atoms with Crippen molar-refractivity contribution in [3.05, 3.63) is 108 Å². The second-order valence-electron chi connectivity index (χ2n) is 8.62. The van der Waals surface area contributed by atoms with Gasteiger partial charge in [0.1, 0.15) is 12.2 Å². The highest BCUT2D eigenvalue weighted by atomic mass is 127. The summed E-state index contributed by atoms with van der Waals surface area (Å²) in [4.78, 5) is 0. The second kappa shape index (κ2) is 14.1. The largest absolute Gasteiger partial charge is 0.374 e. The van der Waals surface area contributed by atoms with Crippen LogP contribution in [0.3, 0.4) is 0 Å². The molecule has 0 unspecified atom stereocenters. The van der Waals surface area contributed by atoms with Gasteiger partial charge in [0.05, 0.1) is 32.5 Å². The van der Waals surface area contributed by atoms with Gasteiger partial charge in [-0.1, -0.05) is 114 Å². The number of hydrogen-bond acceptors (Lipinski definition) is 5. The number of rotatable bonds is 12. The number of benzene rings is 3. The summed E-state index contributed by atoms with van der Waals surface area (Å²) < 4.78 is 32.2. The maximum atomic E-state index is 6.56. The van der Waals surface area contributed by atoms with E-state index in [1.165, 1.54) is 0 Å². The SMILES string of the molecule is CO[C@H]1O[C@H](COCc2ccccc2)[C@@H](OCc2ccccc2)[C@H](OCc2ccccc2)[C@H]1CI. The van der Waals surface area contributed by atoms with Gasteiger partial charge in [0.15, 0.2) is 6.29 Å². The molecule has 1 heterocycles. The molecule has 5 nitrogen and oxygen atoms in total. The Morgan fingerprint density at radius 3 is 1.66 bits per heavy atom. The highest BCUT2D eigenvalue weighted by Crippen LogP contribution is 2.34. The molecule has 35 heavy (non-hydrogen) atoms. The first-order valence-electron chi connectivity index (χ1n) is 12.0. The first kappa shape index (κ1) is 26.3. The Bertz CT molecular complexity index is 972. The fourth-order valence-corrected chi connectivity index (χ4v) is 5.22. The summed E-state index contributed by atoms with van der Waals surface area (Å²) in [5.74, 6) is 0.0236. The average Bonchev–Trinajstić information content (AvgIpc) is 2.92. The number of alkyl halides is 1. The number of hydrogen-bond donors (Lipinski definition) is 0. The lowest BCUT2D eigenvalue weighted by molar-refractivity contribution is -0.294. The predicted molar refractivity (Wildman–Crippen MR) is 144 cm³/mol. The molecule has 186 valence electrons. The predicted octanol–water partition coefficient (Wildman–Crippen LogP) is 5.80. The van der Waals surface area contributed by atoms with Crippen LogP contribution in [-0.2, 0) is 43.5 Å². The van der Waals surface area contributed by atoms with Gasteiger partial charge < -0.3 is 23.7 Å². The van der Waals surface area contributed by atoms with Crippen LogP contribution in [-0.4, -0.2) is 42.7 Å². The Hall–Kier alpha value is -1.81. The van der Waals surface area contributed by atoms with Crippen LogP contribution in [0, 0.1) is 5.92 Å². The average molecular weight is 588 g/mol. The summed E-state index contributed by atoms with van der Waals surface area (Å²) in [5, 5.41) is 0. The topological polar surface area (TPSA) is 46.2 Å². The van der Waals surface area contributed by atoms with Gasteiger partial charge in [-0.2, -0.15) is 0 Å². The van der Waals surface area contributed by atoms with Crippen LogP contribution in [0.25, 0.3) is 0 Å². The highest BCUT2D eigenvalue weighted by molar-refractivity contribution is 14.1. The molecular weight excluding hydrogens is 555 g/mol. The van der Waals surface area contributed by atoms with E-state index >= 15 is 0 Å². The summed E-state index contributed by atoms with van der Waals surface area (Å²) in [6, 6.07) is 30.6. The quantitative estimate of drug-likeness (QED) is 0.198. The summed E-state index contributed by atoms with van der Waals surface area (Å²) in [6.07, 6.45) is -1.23. The van der Waals surface area contributed by atoms with Crippen molar-refractivity contribution in [2.75, 3.05) is 18.1 Å². The zero-order valence-corrected chi connectivity index (χ0v) is 22.2. The van der Waals surface area contributed by atoms with Crippen LogP contribution >= 0.6 is 22.6 Å². The Kier molecular flexibility index (Phi) is 10.6. The lowest BCUT2D eigenvalue weighted by atomic mass is 9.91. The van der Waals surface area contributed by atoms with Crippen molar-refractivity contribution in [2.24, 2.45) is 5.92 Å². The molecular formula is C29H33IO5. The van der Waals surface area contributed by atoms with E-state index in [0.717, 1.165) is 21.1 Å². The maximum absolute atomic E-state index is 6.56. The Morgan fingerprint density at radius 2 is 1.17 bits per heavy atom. The van der Waals surface area contributed by atoms with Crippen molar-refractivity contribution < 1.29 is 23.7 Å². The minimum absolute atomic E-state index is 0.0236. The summed E-state index contributed by atoms with van der Waals surface area (Å²) in [6.45, 7) is 1.86. The van der Waals surface area contributed by atoms with Crippen molar-refractivity contribution in [3.63, 3.8) is 0 Å². The van der Waals surface area contributed by atoms with E-state index in [-0.39, 0.29) is 24.2 Å². The van der Waals surface area contributed by atoms with Gasteiger partial charge in [-0.3, -0.25) is 0 Å². The van der Waals surface area contributed by atoms with Crippen LogP contribution in [0.2, 0.25) is 0 Å². The Labute approximate surface area is 221 Å². The normalized spacial score (nSPS) is 24.3. The molecule has 3 aromatic carbocycles. The van der Waals surface area contributed by atoms with Gasteiger partial charge in [-0.25, -0.2) is 0 Å². The van der Waals surface area contributed by atoms with E-state index in [1.807, 2.05) is 54.6 Å². The van der Waals surface area contributed by atoms with E-state index in [9.17, 15) is 0 Å². The summed E-state index contributed by atoms with van der Waals surface area (Å²) >= 11 is 2.38. The van der Waals surface area contributed by atoms with Crippen LogP contribution in [0.15, 0.2) is 91.0 Å². The molecule has 0 aromatic heterocycles. The zero-order valence-electron chi connectivity index (χ0n) is 20.0. The molecule has 1 aliphatic heterocycles. The van der Waals surface area contributed by atoms with Crippen LogP contribution in [0.5, 0.6) is 0 Å². The van der Waals surface area contributed by atoms with Crippen LogP contribution in [0.4, 0.5) is 0 Å². The van der Waals surface area contributed by atoms with E-state index in [4.69, 9.17) is 23.7 Å². The molecule has 0 N–H and O–H groups in total. The maximum Gasteiger partial charge on any atom is 0.163 e. The standard InChI is InChI=1S/C29H33IO5/c1-31-29-25(17-30)27(33-19-23-13-7-3-8-14-23)28(34-20-24-15-9-4-10-16-24)26(35-29)21-32-18-22-11-5-2-6-12-22/h2-16,25-29H,17-21H2,1H3/t25-,26-,27-,28-,29+/m1/s1. The third-order valence-electron chi connectivity index (χ3n) is 6.15. The first-order chi connectivity index (χ1) is 17.3. The first-order valence-corrected chi connectivity index (χ1v) is 13.5. The molecule has 0 radical (unpaired) electrons. The van der Waals surface area contributed by atoms with Crippen molar-refractivity contribution in [1.29, 1.82) is 0 Å². The Balaban J connectivity index is 1.51. The van der Waals surface area contributed by atoms with Crippen molar-refractivity contribution in [2.45, 2.75) is 44.4 Å².